The van der Waals surface area contributed by atoms with Gasteiger partial charge >= 0.3 is 12.3 Å². The molecule has 0 saturated heterocycles. The number of anilines is 1. The Hall–Kier alpha value is -2.03. The molecule has 5 nitrogen and oxygen atoms in total. The van der Waals surface area contributed by atoms with Crippen LogP contribution in [0.15, 0.2) is 24.3 Å². The summed E-state index contributed by atoms with van der Waals surface area (Å²) in [5, 5.41) is 8.11. The maximum absolute atomic E-state index is 12.6. The van der Waals surface area contributed by atoms with E-state index in [1.165, 1.54) is 12.1 Å². The summed E-state index contributed by atoms with van der Waals surface area (Å²) in [7, 11) is 0. The standard InChI is InChI=1S/C15H20F3N3O2S/c1-14(2,3)23-13(22)20-8-7-19-12(24)21-11-6-4-5-10(9-11)15(16,17)18/h4-6,9H,7-8H2,1-3H3,(H,20,22)(H2,19,21,24). The van der Waals surface area contributed by atoms with E-state index in [1.54, 1.807) is 20.8 Å². The van der Waals surface area contributed by atoms with Gasteiger partial charge in [0.05, 0.1) is 5.56 Å². The Bertz CT molecular complexity index is 586. The molecule has 9 heteroatoms. The van der Waals surface area contributed by atoms with E-state index < -0.39 is 23.4 Å². The first-order valence-corrected chi connectivity index (χ1v) is 7.57. The molecule has 0 aliphatic heterocycles. The van der Waals surface area contributed by atoms with Crippen molar-refractivity contribution in [2.24, 2.45) is 0 Å². The molecule has 0 atom stereocenters. The molecule has 0 radical (unpaired) electrons. The van der Waals surface area contributed by atoms with Gasteiger partial charge in [-0.15, -0.1) is 0 Å². The zero-order chi connectivity index (χ0) is 18.4. The molecule has 1 aromatic rings. The highest BCUT2D eigenvalue weighted by Crippen LogP contribution is 2.30. The fourth-order valence-electron chi connectivity index (χ4n) is 1.60. The number of carbonyl (C=O) groups excluding carboxylic acids is 1. The van der Waals surface area contributed by atoms with Gasteiger partial charge in [-0.05, 0) is 51.2 Å². The fraction of sp³-hybridized carbons (Fsp3) is 0.467. The van der Waals surface area contributed by atoms with Gasteiger partial charge in [-0.1, -0.05) is 6.07 Å². The van der Waals surface area contributed by atoms with E-state index in [1.807, 2.05) is 0 Å². The second-order valence-electron chi connectivity index (χ2n) is 5.89. The number of alkyl carbamates (subject to hydrolysis) is 1. The topological polar surface area (TPSA) is 62.4 Å². The number of thiocarbonyl (C=S) groups is 1. The summed E-state index contributed by atoms with van der Waals surface area (Å²) in [6, 6.07) is 4.71. The molecule has 0 bridgehead atoms. The summed E-state index contributed by atoms with van der Waals surface area (Å²) in [5.41, 5.74) is -1.12. The number of carbonyl (C=O) groups is 1. The summed E-state index contributed by atoms with van der Waals surface area (Å²) in [5.74, 6) is 0. The lowest BCUT2D eigenvalue weighted by Gasteiger charge is -2.19. The van der Waals surface area contributed by atoms with Crippen molar-refractivity contribution in [1.29, 1.82) is 0 Å². The highest BCUT2D eigenvalue weighted by molar-refractivity contribution is 7.80. The van der Waals surface area contributed by atoms with Gasteiger partial charge in [0, 0.05) is 18.8 Å². The molecule has 1 aromatic carbocycles. The number of hydrogen-bond donors (Lipinski definition) is 3. The average Bonchev–Trinajstić information content (AvgIpc) is 2.41. The van der Waals surface area contributed by atoms with Crippen LogP contribution in [0.2, 0.25) is 0 Å². The highest BCUT2D eigenvalue weighted by atomic mass is 32.1. The first kappa shape index (κ1) is 20.0. The van der Waals surface area contributed by atoms with Gasteiger partial charge in [0.25, 0.3) is 0 Å². The van der Waals surface area contributed by atoms with E-state index >= 15 is 0 Å². The first-order valence-electron chi connectivity index (χ1n) is 7.16. The fourth-order valence-corrected chi connectivity index (χ4v) is 1.82. The molecular formula is C15H20F3N3O2S. The Balaban J connectivity index is 2.36. The molecule has 0 fully saturated rings. The summed E-state index contributed by atoms with van der Waals surface area (Å²) in [6.07, 6.45) is -4.97. The number of benzene rings is 1. The van der Waals surface area contributed by atoms with Crippen molar-refractivity contribution in [1.82, 2.24) is 10.6 Å². The van der Waals surface area contributed by atoms with Crippen LogP contribution in [0.5, 0.6) is 0 Å². The highest BCUT2D eigenvalue weighted by Gasteiger charge is 2.30. The number of amides is 1. The smallest absolute Gasteiger partial charge is 0.416 e. The van der Waals surface area contributed by atoms with Crippen LogP contribution in [-0.4, -0.2) is 29.9 Å². The molecular weight excluding hydrogens is 343 g/mol. The predicted molar refractivity (Wildman–Crippen MR) is 89.9 cm³/mol. The monoisotopic (exact) mass is 363 g/mol. The van der Waals surface area contributed by atoms with Crippen LogP contribution in [0.1, 0.15) is 26.3 Å². The second-order valence-corrected chi connectivity index (χ2v) is 6.30. The van der Waals surface area contributed by atoms with Crippen LogP contribution in [0.3, 0.4) is 0 Å². The maximum Gasteiger partial charge on any atom is 0.416 e. The normalized spacial score (nSPS) is 11.6. The Morgan fingerprint density at radius 2 is 1.79 bits per heavy atom. The van der Waals surface area contributed by atoms with Gasteiger partial charge in [-0.25, -0.2) is 4.79 Å². The van der Waals surface area contributed by atoms with Crippen molar-refractivity contribution < 1.29 is 22.7 Å². The third-order valence-electron chi connectivity index (χ3n) is 2.53. The minimum Gasteiger partial charge on any atom is -0.444 e. The minimum absolute atomic E-state index is 0.153. The zero-order valence-corrected chi connectivity index (χ0v) is 14.4. The van der Waals surface area contributed by atoms with Crippen molar-refractivity contribution in [3.8, 4) is 0 Å². The third kappa shape index (κ3) is 8.00. The molecule has 1 rings (SSSR count). The maximum atomic E-state index is 12.6. The van der Waals surface area contributed by atoms with Gasteiger partial charge < -0.3 is 20.7 Å². The second kappa shape index (κ2) is 8.18. The van der Waals surface area contributed by atoms with Gasteiger partial charge in [-0.2, -0.15) is 13.2 Å². The van der Waals surface area contributed by atoms with Crippen molar-refractivity contribution in [2.45, 2.75) is 32.5 Å². The zero-order valence-electron chi connectivity index (χ0n) is 13.6. The number of halogens is 3. The molecule has 0 aromatic heterocycles. The van der Waals surface area contributed by atoms with Crippen LogP contribution in [-0.2, 0) is 10.9 Å². The Labute approximate surface area is 143 Å². The predicted octanol–water partition coefficient (Wildman–Crippen LogP) is 3.52. The van der Waals surface area contributed by atoms with Crippen molar-refractivity contribution >= 4 is 29.1 Å². The van der Waals surface area contributed by atoms with Crippen LogP contribution < -0.4 is 16.0 Å². The lowest BCUT2D eigenvalue weighted by molar-refractivity contribution is -0.137. The van der Waals surface area contributed by atoms with Crippen LogP contribution >= 0.6 is 12.2 Å². The lowest BCUT2D eigenvalue weighted by Crippen LogP contribution is -2.39. The van der Waals surface area contributed by atoms with Gasteiger partial charge in [0.2, 0.25) is 0 Å². The van der Waals surface area contributed by atoms with Crippen LogP contribution in [0.25, 0.3) is 0 Å². The molecule has 0 spiro atoms. The van der Waals surface area contributed by atoms with Crippen LogP contribution in [0, 0.1) is 0 Å². The molecule has 0 saturated carbocycles. The largest absolute Gasteiger partial charge is 0.444 e. The van der Waals surface area contributed by atoms with E-state index in [0.717, 1.165) is 12.1 Å². The van der Waals surface area contributed by atoms with E-state index in [9.17, 15) is 18.0 Å². The molecule has 1 amide bonds. The molecule has 24 heavy (non-hydrogen) atoms. The summed E-state index contributed by atoms with van der Waals surface area (Å²) >= 11 is 4.99. The molecule has 0 heterocycles. The Morgan fingerprint density at radius 1 is 1.17 bits per heavy atom. The van der Waals surface area contributed by atoms with Crippen molar-refractivity contribution in [3.05, 3.63) is 29.8 Å². The summed E-state index contributed by atoms with van der Waals surface area (Å²) < 4.78 is 42.9. The van der Waals surface area contributed by atoms with E-state index in [4.69, 9.17) is 17.0 Å². The number of nitrogens with one attached hydrogen (secondary N) is 3. The van der Waals surface area contributed by atoms with Gasteiger partial charge in [0.1, 0.15) is 5.60 Å². The van der Waals surface area contributed by atoms with Crippen LogP contribution in [0.4, 0.5) is 23.7 Å². The van der Waals surface area contributed by atoms with E-state index in [0.29, 0.717) is 6.54 Å². The van der Waals surface area contributed by atoms with Crippen molar-refractivity contribution in [2.75, 3.05) is 18.4 Å². The number of alkyl halides is 3. The Morgan fingerprint density at radius 3 is 2.38 bits per heavy atom. The van der Waals surface area contributed by atoms with E-state index in [-0.39, 0.29) is 17.3 Å². The van der Waals surface area contributed by atoms with Gasteiger partial charge in [0.15, 0.2) is 5.11 Å². The molecule has 0 aliphatic carbocycles. The SMILES string of the molecule is CC(C)(C)OC(=O)NCCNC(=S)Nc1cccc(C(F)(F)F)c1. The van der Waals surface area contributed by atoms with Crippen molar-refractivity contribution in [3.63, 3.8) is 0 Å². The molecule has 0 aliphatic rings. The van der Waals surface area contributed by atoms with E-state index in [2.05, 4.69) is 16.0 Å². The molecule has 3 N–H and O–H groups in total. The quantitative estimate of drug-likeness (QED) is 0.564. The first-order chi connectivity index (χ1) is 11.0. The summed E-state index contributed by atoms with van der Waals surface area (Å²) in [6.45, 7) is 5.79. The average molecular weight is 363 g/mol. The minimum atomic E-state index is -4.41. The lowest BCUT2D eigenvalue weighted by atomic mass is 10.2. The van der Waals surface area contributed by atoms with Gasteiger partial charge in [-0.3, -0.25) is 0 Å². The third-order valence-corrected chi connectivity index (χ3v) is 2.77. The molecule has 0 unspecified atom stereocenters. The molecule has 134 valence electrons. The number of ether oxygens (including phenoxy) is 1. The number of rotatable bonds is 4. The number of hydrogen-bond acceptors (Lipinski definition) is 3. The Kier molecular flexibility index (Phi) is 6.82. The summed E-state index contributed by atoms with van der Waals surface area (Å²) in [4.78, 5) is 11.4.